The number of rotatable bonds is 8. The van der Waals surface area contributed by atoms with Gasteiger partial charge in [0.2, 0.25) is 5.91 Å². The Kier molecular flexibility index (Phi) is 7.18. The quantitative estimate of drug-likeness (QED) is 0.369. The van der Waals surface area contributed by atoms with Gasteiger partial charge in [-0.2, -0.15) is 0 Å². The van der Waals surface area contributed by atoms with E-state index in [-0.39, 0.29) is 29.2 Å². The van der Waals surface area contributed by atoms with E-state index < -0.39 is 0 Å². The van der Waals surface area contributed by atoms with Gasteiger partial charge in [-0.3, -0.25) is 19.0 Å². The van der Waals surface area contributed by atoms with E-state index in [4.69, 9.17) is 4.98 Å². The molecule has 182 valence electrons. The highest BCUT2D eigenvalue weighted by atomic mass is 32.2. The Morgan fingerprint density at radius 2 is 1.63 bits per heavy atom. The third-order valence-electron chi connectivity index (χ3n) is 6.60. The monoisotopic (exact) mass is 490 g/mol. The zero-order chi connectivity index (χ0) is 24.2. The Labute approximate surface area is 208 Å². The molecule has 2 fully saturated rings. The van der Waals surface area contributed by atoms with Crippen molar-refractivity contribution in [2.75, 3.05) is 5.75 Å². The van der Waals surface area contributed by atoms with Crippen LogP contribution in [-0.4, -0.2) is 39.2 Å². The Hall–Kier alpha value is -3.13. The first-order valence-corrected chi connectivity index (χ1v) is 13.4. The van der Waals surface area contributed by atoms with Crippen molar-refractivity contribution in [1.29, 1.82) is 0 Å². The number of nitrogens with one attached hydrogen (secondary N) is 2. The highest BCUT2D eigenvalue weighted by Gasteiger charge is 2.24. The normalized spacial score (nSPS) is 16.2. The Morgan fingerprint density at radius 1 is 0.914 bits per heavy atom. The van der Waals surface area contributed by atoms with Crippen LogP contribution in [0.1, 0.15) is 60.9 Å². The maximum Gasteiger partial charge on any atom is 0.262 e. The fourth-order valence-corrected chi connectivity index (χ4v) is 5.29. The summed E-state index contributed by atoms with van der Waals surface area (Å²) in [6.07, 6.45) is 7.70. The molecular weight excluding hydrogens is 460 g/mol. The van der Waals surface area contributed by atoms with E-state index in [2.05, 4.69) is 10.6 Å². The molecule has 2 N–H and O–H groups in total. The topological polar surface area (TPSA) is 93.1 Å². The summed E-state index contributed by atoms with van der Waals surface area (Å²) < 4.78 is 1.63. The standard InChI is InChI=1S/C27H30N4O3S/c32-24(28-20-6-2-1-3-7-20)17-35-27-30-23-9-5-4-8-22(23)26(34)31(27)16-18-10-12-19(13-11-18)25(33)29-21-14-15-21/h4-5,8-13,20-21H,1-3,6-7,14-17H2,(H,28,32)(H,29,33). The van der Waals surface area contributed by atoms with Crippen molar-refractivity contribution in [2.45, 2.75) is 68.7 Å². The predicted molar refractivity (Wildman–Crippen MR) is 138 cm³/mol. The van der Waals surface area contributed by atoms with Crippen molar-refractivity contribution in [3.8, 4) is 0 Å². The number of carbonyl (C=O) groups is 2. The van der Waals surface area contributed by atoms with E-state index in [1.54, 1.807) is 22.8 Å². The lowest BCUT2D eigenvalue weighted by atomic mass is 9.95. The van der Waals surface area contributed by atoms with Crippen LogP contribution in [0.4, 0.5) is 0 Å². The van der Waals surface area contributed by atoms with Crippen LogP contribution in [0.25, 0.3) is 10.9 Å². The van der Waals surface area contributed by atoms with E-state index in [1.165, 1.54) is 18.2 Å². The van der Waals surface area contributed by atoms with Crippen LogP contribution in [0, 0.1) is 0 Å². The number of carbonyl (C=O) groups excluding carboxylic acids is 2. The van der Waals surface area contributed by atoms with Crippen LogP contribution >= 0.6 is 11.8 Å². The van der Waals surface area contributed by atoms with Gasteiger partial charge in [-0.25, -0.2) is 4.98 Å². The Bertz CT molecular complexity index is 1280. The zero-order valence-corrected chi connectivity index (χ0v) is 20.5. The molecule has 1 heterocycles. The molecule has 2 amide bonds. The third kappa shape index (κ3) is 5.93. The van der Waals surface area contributed by atoms with Gasteiger partial charge in [0, 0.05) is 17.6 Å². The highest BCUT2D eigenvalue weighted by molar-refractivity contribution is 7.99. The fraction of sp³-hybridized carbons (Fsp3) is 0.407. The van der Waals surface area contributed by atoms with E-state index in [9.17, 15) is 14.4 Å². The molecule has 35 heavy (non-hydrogen) atoms. The number of fused-ring (bicyclic) bond motifs is 1. The van der Waals surface area contributed by atoms with Crippen molar-refractivity contribution in [3.05, 3.63) is 70.0 Å². The maximum absolute atomic E-state index is 13.4. The zero-order valence-electron chi connectivity index (χ0n) is 19.7. The minimum absolute atomic E-state index is 0.0260. The molecule has 0 atom stereocenters. The second-order valence-electron chi connectivity index (χ2n) is 9.44. The average Bonchev–Trinajstić information content (AvgIpc) is 3.70. The molecule has 8 heteroatoms. The lowest BCUT2D eigenvalue weighted by molar-refractivity contribution is -0.119. The highest BCUT2D eigenvalue weighted by Crippen LogP contribution is 2.22. The Balaban J connectivity index is 1.34. The van der Waals surface area contributed by atoms with Gasteiger partial charge in [0.15, 0.2) is 5.16 Å². The minimum atomic E-state index is -0.138. The molecule has 2 aliphatic carbocycles. The number of nitrogens with zero attached hydrogens (tertiary/aromatic N) is 2. The van der Waals surface area contributed by atoms with Crippen LogP contribution in [0.2, 0.25) is 0 Å². The summed E-state index contributed by atoms with van der Waals surface area (Å²) >= 11 is 1.29. The number of hydrogen-bond donors (Lipinski definition) is 2. The van der Waals surface area contributed by atoms with Crippen molar-refractivity contribution in [2.24, 2.45) is 0 Å². The smallest absolute Gasteiger partial charge is 0.262 e. The van der Waals surface area contributed by atoms with Gasteiger partial charge in [-0.15, -0.1) is 0 Å². The van der Waals surface area contributed by atoms with Gasteiger partial charge in [0.25, 0.3) is 11.5 Å². The van der Waals surface area contributed by atoms with Crippen LogP contribution < -0.4 is 16.2 Å². The average molecular weight is 491 g/mol. The van der Waals surface area contributed by atoms with Gasteiger partial charge in [0.1, 0.15) is 0 Å². The molecule has 0 unspecified atom stereocenters. The molecular formula is C27H30N4O3S. The molecule has 0 saturated heterocycles. The van der Waals surface area contributed by atoms with Gasteiger partial charge < -0.3 is 10.6 Å². The van der Waals surface area contributed by atoms with Gasteiger partial charge in [-0.1, -0.05) is 55.3 Å². The van der Waals surface area contributed by atoms with Gasteiger partial charge >= 0.3 is 0 Å². The predicted octanol–water partition coefficient (Wildman–Crippen LogP) is 3.88. The summed E-state index contributed by atoms with van der Waals surface area (Å²) in [5.74, 6) is 0.118. The van der Waals surface area contributed by atoms with Crippen molar-refractivity contribution >= 4 is 34.5 Å². The van der Waals surface area contributed by atoms with Gasteiger partial charge in [0.05, 0.1) is 23.2 Å². The molecule has 1 aromatic heterocycles. The second kappa shape index (κ2) is 10.6. The first kappa shape index (κ1) is 23.6. The minimum Gasteiger partial charge on any atom is -0.353 e. The van der Waals surface area contributed by atoms with E-state index in [0.717, 1.165) is 44.1 Å². The number of amides is 2. The summed E-state index contributed by atoms with van der Waals surface area (Å²) in [4.78, 5) is 43.0. The van der Waals surface area contributed by atoms with Crippen LogP contribution in [0.5, 0.6) is 0 Å². The van der Waals surface area contributed by atoms with Crippen LogP contribution in [0.15, 0.2) is 58.5 Å². The molecule has 2 saturated carbocycles. The summed E-state index contributed by atoms with van der Waals surface area (Å²) in [6.45, 7) is 0.313. The number of aromatic nitrogens is 2. The summed E-state index contributed by atoms with van der Waals surface area (Å²) in [6, 6.07) is 15.1. The van der Waals surface area contributed by atoms with E-state index >= 15 is 0 Å². The maximum atomic E-state index is 13.4. The lowest BCUT2D eigenvalue weighted by Crippen LogP contribution is -2.37. The van der Waals surface area contributed by atoms with E-state index in [1.807, 2.05) is 30.3 Å². The SMILES string of the molecule is O=C(CSc1nc2ccccc2c(=O)n1Cc1ccc(C(=O)NC2CC2)cc1)NC1CCCCC1. The first-order chi connectivity index (χ1) is 17.1. The molecule has 0 bridgehead atoms. The van der Waals surface area contributed by atoms with E-state index in [0.29, 0.717) is 34.2 Å². The first-order valence-electron chi connectivity index (χ1n) is 12.4. The van der Waals surface area contributed by atoms with Crippen LogP contribution in [0.3, 0.4) is 0 Å². The summed E-state index contributed by atoms with van der Waals surface area (Å²) in [5.41, 5.74) is 1.98. The number of hydrogen-bond acceptors (Lipinski definition) is 5. The Morgan fingerprint density at radius 3 is 2.37 bits per heavy atom. The van der Waals surface area contributed by atoms with Crippen molar-refractivity contribution in [1.82, 2.24) is 20.2 Å². The van der Waals surface area contributed by atoms with Gasteiger partial charge in [-0.05, 0) is 55.5 Å². The molecule has 7 nitrogen and oxygen atoms in total. The molecule has 5 rings (SSSR count). The number of benzene rings is 2. The number of para-hydroxylation sites is 1. The molecule has 2 aliphatic rings. The molecule has 0 aliphatic heterocycles. The second-order valence-corrected chi connectivity index (χ2v) is 10.4. The third-order valence-corrected chi connectivity index (χ3v) is 7.58. The molecule has 0 radical (unpaired) electrons. The number of thioether (sulfide) groups is 1. The summed E-state index contributed by atoms with van der Waals surface area (Å²) in [7, 11) is 0. The largest absolute Gasteiger partial charge is 0.353 e. The van der Waals surface area contributed by atoms with Crippen LogP contribution in [-0.2, 0) is 11.3 Å². The molecule has 3 aromatic rings. The molecule has 2 aromatic carbocycles. The van der Waals surface area contributed by atoms with Crippen molar-refractivity contribution < 1.29 is 9.59 Å². The summed E-state index contributed by atoms with van der Waals surface area (Å²) in [5, 5.41) is 7.18. The molecule has 0 spiro atoms. The fourth-order valence-electron chi connectivity index (χ4n) is 4.48. The lowest BCUT2D eigenvalue weighted by Gasteiger charge is -2.22. The van der Waals surface area contributed by atoms with Crippen molar-refractivity contribution in [3.63, 3.8) is 0 Å².